The summed E-state index contributed by atoms with van der Waals surface area (Å²) in [5.41, 5.74) is 2.63. The Labute approximate surface area is 112 Å². The van der Waals surface area contributed by atoms with Gasteiger partial charge in [-0.3, -0.25) is 4.79 Å². The summed E-state index contributed by atoms with van der Waals surface area (Å²) in [6.07, 6.45) is 2.06. The zero-order chi connectivity index (χ0) is 13.2. The molecule has 1 saturated heterocycles. The Kier molecular flexibility index (Phi) is 4.02. The van der Waals surface area contributed by atoms with Crippen molar-refractivity contribution in [3.05, 3.63) is 16.1 Å². The van der Waals surface area contributed by atoms with Crippen LogP contribution in [0.15, 0.2) is 5.51 Å². The Morgan fingerprint density at radius 1 is 1.67 bits per heavy atom. The Morgan fingerprint density at radius 3 is 3.00 bits per heavy atom. The monoisotopic (exact) mass is 267 g/mol. The maximum absolute atomic E-state index is 12.5. The van der Waals surface area contributed by atoms with Gasteiger partial charge in [0.15, 0.2) is 0 Å². The number of rotatable bonds is 3. The van der Waals surface area contributed by atoms with E-state index in [0.717, 1.165) is 31.6 Å². The molecular formula is C13H21N3OS. The van der Waals surface area contributed by atoms with Crippen LogP contribution in [0, 0.1) is 12.3 Å². The molecule has 1 aliphatic heterocycles. The van der Waals surface area contributed by atoms with E-state index in [0.29, 0.717) is 6.54 Å². The lowest BCUT2D eigenvalue weighted by molar-refractivity contribution is -0.141. The minimum atomic E-state index is -0.244. The summed E-state index contributed by atoms with van der Waals surface area (Å²) in [7, 11) is 1.89. The molecule has 1 N–H and O–H groups in total. The first-order valence-corrected chi connectivity index (χ1v) is 7.26. The second-order valence-electron chi connectivity index (χ2n) is 5.36. The Hall–Kier alpha value is -0.940. The largest absolute Gasteiger partial charge is 0.340 e. The van der Waals surface area contributed by atoms with Gasteiger partial charge in [-0.2, -0.15) is 0 Å². The molecule has 5 heteroatoms. The minimum Gasteiger partial charge on any atom is -0.340 e. The third-order valence-electron chi connectivity index (χ3n) is 3.69. The van der Waals surface area contributed by atoms with Crippen LogP contribution in [0.5, 0.6) is 0 Å². The second-order valence-corrected chi connectivity index (χ2v) is 6.30. The predicted octanol–water partition coefficient (Wildman–Crippen LogP) is 1.80. The SMILES string of the molecule is Cc1ncsc1CN(C)C(=O)C1(C)CCCNC1. The number of piperidine rings is 1. The summed E-state index contributed by atoms with van der Waals surface area (Å²) in [5.74, 6) is 0.238. The molecule has 0 radical (unpaired) electrons. The number of nitrogens with one attached hydrogen (secondary N) is 1. The quantitative estimate of drug-likeness (QED) is 0.908. The molecule has 0 aliphatic carbocycles. The van der Waals surface area contributed by atoms with Gasteiger partial charge in [0.05, 0.1) is 23.2 Å². The third-order valence-corrected chi connectivity index (χ3v) is 4.61. The number of aryl methyl sites for hydroxylation is 1. The summed E-state index contributed by atoms with van der Waals surface area (Å²) in [5, 5.41) is 3.32. The van der Waals surface area contributed by atoms with Crippen LogP contribution in [-0.4, -0.2) is 35.9 Å². The number of carbonyl (C=O) groups excluding carboxylic acids is 1. The van der Waals surface area contributed by atoms with E-state index in [1.807, 2.05) is 24.4 Å². The molecular weight excluding hydrogens is 246 g/mol. The van der Waals surface area contributed by atoms with E-state index in [-0.39, 0.29) is 11.3 Å². The van der Waals surface area contributed by atoms with E-state index >= 15 is 0 Å². The van der Waals surface area contributed by atoms with Crippen LogP contribution in [-0.2, 0) is 11.3 Å². The molecule has 0 spiro atoms. The molecule has 2 heterocycles. The highest BCUT2D eigenvalue weighted by atomic mass is 32.1. The highest BCUT2D eigenvalue weighted by molar-refractivity contribution is 7.09. The van der Waals surface area contributed by atoms with Crippen molar-refractivity contribution in [1.29, 1.82) is 0 Å². The van der Waals surface area contributed by atoms with Gasteiger partial charge in [0.25, 0.3) is 0 Å². The van der Waals surface area contributed by atoms with Gasteiger partial charge in [0.2, 0.25) is 5.91 Å². The summed E-state index contributed by atoms with van der Waals surface area (Å²) in [4.78, 5) is 19.8. The van der Waals surface area contributed by atoms with E-state index in [1.165, 1.54) is 4.88 Å². The van der Waals surface area contributed by atoms with Crippen LogP contribution >= 0.6 is 11.3 Å². The molecule has 1 aliphatic rings. The van der Waals surface area contributed by atoms with E-state index in [4.69, 9.17) is 0 Å². The minimum absolute atomic E-state index is 0.238. The van der Waals surface area contributed by atoms with Crippen LogP contribution < -0.4 is 5.32 Å². The van der Waals surface area contributed by atoms with Gasteiger partial charge in [-0.05, 0) is 33.2 Å². The molecule has 2 rings (SSSR count). The lowest BCUT2D eigenvalue weighted by Crippen LogP contribution is -2.48. The average molecular weight is 267 g/mol. The maximum Gasteiger partial charge on any atom is 0.229 e. The van der Waals surface area contributed by atoms with Gasteiger partial charge in [0, 0.05) is 18.5 Å². The van der Waals surface area contributed by atoms with Crippen LogP contribution in [0.3, 0.4) is 0 Å². The van der Waals surface area contributed by atoms with Gasteiger partial charge in [-0.25, -0.2) is 4.98 Å². The van der Waals surface area contributed by atoms with Crippen LogP contribution in [0.1, 0.15) is 30.3 Å². The number of hydrogen-bond donors (Lipinski definition) is 1. The van der Waals surface area contributed by atoms with Crippen molar-refractivity contribution in [2.24, 2.45) is 5.41 Å². The smallest absolute Gasteiger partial charge is 0.229 e. The fraction of sp³-hybridized carbons (Fsp3) is 0.692. The topological polar surface area (TPSA) is 45.2 Å². The van der Waals surface area contributed by atoms with E-state index in [2.05, 4.69) is 17.2 Å². The second kappa shape index (κ2) is 5.36. The lowest BCUT2D eigenvalue weighted by atomic mass is 9.81. The van der Waals surface area contributed by atoms with Crippen LogP contribution in [0.25, 0.3) is 0 Å². The van der Waals surface area contributed by atoms with Crippen LogP contribution in [0.4, 0.5) is 0 Å². The van der Waals surface area contributed by atoms with Crippen molar-refractivity contribution in [1.82, 2.24) is 15.2 Å². The number of nitrogens with zero attached hydrogens (tertiary/aromatic N) is 2. The number of hydrogen-bond acceptors (Lipinski definition) is 4. The van der Waals surface area contributed by atoms with Crippen molar-refractivity contribution in [3.8, 4) is 0 Å². The number of carbonyl (C=O) groups is 1. The normalized spacial score (nSPS) is 23.9. The van der Waals surface area contributed by atoms with Crippen LogP contribution in [0.2, 0.25) is 0 Å². The lowest BCUT2D eigenvalue weighted by Gasteiger charge is -2.36. The van der Waals surface area contributed by atoms with Crippen molar-refractivity contribution in [2.45, 2.75) is 33.2 Å². The molecule has 1 unspecified atom stereocenters. The van der Waals surface area contributed by atoms with Gasteiger partial charge in [-0.1, -0.05) is 0 Å². The average Bonchev–Trinajstić information content (AvgIpc) is 2.75. The third kappa shape index (κ3) is 2.72. The molecule has 1 aromatic heterocycles. The molecule has 0 bridgehead atoms. The van der Waals surface area contributed by atoms with Gasteiger partial charge in [-0.15, -0.1) is 11.3 Å². The zero-order valence-corrected chi connectivity index (χ0v) is 12.1. The number of aromatic nitrogens is 1. The number of amides is 1. The first kappa shape index (κ1) is 13.5. The van der Waals surface area contributed by atoms with Crippen molar-refractivity contribution < 1.29 is 4.79 Å². The molecule has 100 valence electrons. The van der Waals surface area contributed by atoms with Crippen molar-refractivity contribution in [3.63, 3.8) is 0 Å². The molecule has 1 amide bonds. The molecule has 1 aromatic rings. The van der Waals surface area contributed by atoms with Crippen molar-refractivity contribution >= 4 is 17.2 Å². The summed E-state index contributed by atoms with van der Waals surface area (Å²) in [6, 6.07) is 0. The van der Waals surface area contributed by atoms with Gasteiger partial charge in [0.1, 0.15) is 0 Å². The Balaban J connectivity index is 2.02. The predicted molar refractivity (Wildman–Crippen MR) is 73.5 cm³/mol. The highest BCUT2D eigenvalue weighted by Gasteiger charge is 2.36. The standard InChI is InChI=1S/C13H21N3OS/c1-10-11(18-9-15-10)7-16(3)12(17)13(2)5-4-6-14-8-13/h9,14H,4-8H2,1-3H3. The highest BCUT2D eigenvalue weighted by Crippen LogP contribution is 2.28. The Morgan fingerprint density at radius 2 is 2.44 bits per heavy atom. The van der Waals surface area contributed by atoms with E-state index < -0.39 is 0 Å². The van der Waals surface area contributed by atoms with Crippen molar-refractivity contribution in [2.75, 3.05) is 20.1 Å². The molecule has 0 saturated carbocycles. The maximum atomic E-state index is 12.5. The molecule has 4 nitrogen and oxygen atoms in total. The zero-order valence-electron chi connectivity index (χ0n) is 11.3. The summed E-state index contributed by atoms with van der Waals surface area (Å²) < 4.78 is 0. The number of thiazole rings is 1. The van der Waals surface area contributed by atoms with E-state index in [1.54, 1.807) is 11.3 Å². The van der Waals surface area contributed by atoms with Gasteiger partial charge < -0.3 is 10.2 Å². The summed E-state index contributed by atoms with van der Waals surface area (Å²) >= 11 is 1.62. The fourth-order valence-electron chi connectivity index (χ4n) is 2.46. The first-order valence-electron chi connectivity index (χ1n) is 6.38. The van der Waals surface area contributed by atoms with Gasteiger partial charge >= 0.3 is 0 Å². The fourth-order valence-corrected chi connectivity index (χ4v) is 3.29. The molecule has 0 aromatic carbocycles. The first-order chi connectivity index (χ1) is 8.53. The molecule has 18 heavy (non-hydrogen) atoms. The molecule has 1 atom stereocenters. The summed E-state index contributed by atoms with van der Waals surface area (Å²) in [6.45, 7) is 6.55. The molecule has 1 fully saturated rings. The van der Waals surface area contributed by atoms with E-state index in [9.17, 15) is 4.79 Å². The Bertz CT molecular complexity index is 424.